The van der Waals surface area contributed by atoms with Crippen molar-refractivity contribution in [3.8, 4) is 11.1 Å². The number of amides is 1. The molecule has 1 fully saturated rings. The van der Waals surface area contributed by atoms with E-state index in [1.807, 2.05) is 77.9 Å². The topological polar surface area (TPSA) is 279 Å². The van der Waals surface area contributed by atoms with Gasteiger partial charge in [0.05, 0.1) is 37.1 Å². The largest absolute Gasteiger partial charge is 0.481 e. The van der Waals surface area contributed by atoms with Crippen LogP contribution in [0.15, 0.2) is 86.5 Å². The van der Waals surface area contributed by atoms with Crippen LogP contribution in [-0.4, -0.2) is 117 Å². The number of nitrogens with two attached hydrogens (primary N) is 1. The van der Waals surface area contributed by atoms with Crippen molar-refractivity contribution < 1.29 is 73.2 Å². The standard InChI is InChI=1S/C21H21NO5.C11H22O4.C11H20O2.C7H12O2.C6H11NO2/c1-12-18(10-23)27-20(24)19(12)22-21(25)26-11-17-15-8-4-2-6-13(15)14-7-3-5-9-16(14)17;1-7(9(13)6-12)8(2)10(14)15-11(3,4)5;1-7-8(2)9(3)10(12)13-11(4,5)6;1-4-5(2)6(3)7(8)9;1-3-4(2)5(7)6(8)9/h2-9,12,17-19,23H,10-11H2,1H3,(H,22,25);7-9,12-13H,6H2,1-5H3;7-9H,1H2,2-6H3;4-6H,1H2,2-3H3,(H,8,9);3-5H,1,7H2,2H3,(H,8,9)/t12-,18-,19-;7-,8+,9+;8-,9-;5-,6-;4-,5-/m01000/s1. The van der Waals surface area contributed by atoms with Gasteiger partial charge in [-0.15, -0.1) is 19.7 Å². The van der Waals surface area contributed by atoms with Crippen LogP contribution in [0.4, 0.5) is 4.79 Å². The number of aliphatic hydroxyl groups is 3. The average molecular weight is 1030 g/mol. The third kappa shape index (κ3) is 22.8. The second-order valence-electron chi connectivity index (χ2n) is 20.5. The predicted octanol–water partition coefficient (Wildman–Crippen LogP) is 7.94. The van der Waals surface area contributed by atoms with Crippen LogP contribution in [0.25, 0.3) is 11.1 Å². The first-order valence-corrected chi connectivity index (χ1v) is 24.5. The van der Waals surface area contributed by atoms with Gasteiger partial charge in [0.1, 0.15) is 36.0 Å². The molecule has 0 aromatic heterocycles. The highest BCUT2D eigenvalue weighted by Gasteiger charge is 2.43. The van der Waals surface area contributed by atoms with Gasteiger partial charge in [-0.2, -0.15) is 0 Å². The number of carbonyl (C=O) groups excluding carboxylic acids is 4. The molecule has 2 aliphatic rings. The van der Waals surface area contributed by atoms with E-state index in [0.717, 1.165) is 22.3 Å². The fourth-order valence-corrected chi connectivity index (χ4v) is 6.64. The SMILES string of the molecule is C=C[C@H](C)[C@H](C)C(=O)O.C=C[C@H](C)[C@H](C)C(=O)OC(C)(C)C.C=C[C@H](C)[C@H](N)C(=O)O.C[C@H]([C@H](C)C(=O)OC(C)(C)C)[C@@H](O)CO.C[C@H]1[C@H](CO)OC(=O)[C@H]1NC(=O)OCC1c2ccccc2-c2ccccc21. The Kier molecular flexibility index (Phi) is 29.1. The molecule has 0 spiro atoms. The van der Waals surface area contributed by atoms with E-state index < -0.39 is 65.4 Å². The van der Waals surface area contributed by atoms with Gasteiger partial charge in [0.25, 0.3) is 0 Å². The van der Waals surface area contributed by atoms with Crippen molar-refractivity contribution in [3.05, 3.63) is 97.6 Å². The number of esters is 3. The lowest BCUT2D eigenvalue weighted by molar-refractivity contribution is -0.163. The maximum atomic E-state index is 12.3. The molecule has 73 heavy (non-hydrogen) atoms. The Balaban J connectivity index is 0.000000967. The van der Waals surface area contributed by atoms with Crippen LogP contribution in [-0.2, 0) is 42.9 Å². The number of ether oxygens (including phenoxy) is 4. The molecule has 1 aliphatic carbocycles. The number of nitrogens with one attached hydrogen (secondary N) is 1. The number of carboxylic acid groups (broad SMARTS) is 2. The molecular formula is C56H86N2O15. The van der Waals surface area contributed by atoms with Crippen LogP contribution in [0.5, 0.6) is 0 Å². The van der Waals surface area contributed by atoms with Crippen molar-refractivity contribution in [2.45, 2.75) is 138 Å². The highest BCUT2D eigenvalue weighted by molar-refractivity contribution is 5.84. The third-order valence-corrected chi connectivity index (χ3v) is 12.5. The van der Waals surface area contributed by atoms with Gasteiger partial charge < -0.3 is 55.5 Å². The minimum atomic E-state index is -0.984. The Hall–Kier alpha value is -5.88. The highest BCUT2D eigenvalue weighted by atomic mass is 16.6. The molecule has 2 aromatic carbocycles. The molecule has 1 aliphatic heterocycles. The van der Waals surface area contributed by atoms with Crippen molar-refractivity contribution in [2.75, 3.05) is 19.8 Å². The number of allylic oxidation sites excluding steroid dienone is 2. The zero-order valence-electron chi connectivity index (χ0n) is 45.5. The number of carboxylic acids is 2. The lowest BCUT2D eigenvalue weighted by Gasteiger charge is -2.26. The van der Waals surface area contributed by atoms with Gasteiger partial charge in [-0.1, -0.05) is 122 Å². The van der Waals surface area contributed by atoms with Gasteiger partial charge in [-0.05, 0) is 87.5 Å². The highest BCUT2D eigenvalue weighted by Crippen LogP contribution is 2.44. The van der Waals surface area contributed by atoms with Gasteiger partial charge in [0.2, 0.25) is 0 Å². The molecule has 410 valence electrons. The fourth-order valence-electron chi connectivity index (χ4n) is 6.64. The molecule has 0 bridgehead atoms. The number of carbonyl (C=O) groups is 6. The first-order valence-electron chi connectivity index (χ1n) is 24.5. The van der Waals surface area contributed by atoms with E-state index in [9.17, 15) is 39.0 Å². The van der Waals surface area contributed by atoms with E-state index in [1.54, 1.807) is 67.5 Å². The molecular weight excluding hydrogens is 941 g/mol. The van der Waals surface area contributed by atoms with E-state index in [-0.39, 0.29) is 79.1 Å². The number of benzene rings is 2. The summed E-state index contributed by atoms with van der Waals surface area (Å²) in [4.78, 5) is 67.6. The van der Waals surface area contributed by atoms with Gasteiger partial charge in [0, 0.05) is 11.8 Å². The predicted molar refractivity (Wildman–Crippen MR) is 281 cm³/mol. The van der Waals surface area contributed by atoms with E-state index in [4.69, 9.17) is 40.0 Å². The number of hydrogen-bond donors (Lipinski definition) is 7. The molecule has 0 radical (unpaired) electrons. The molecule has 0 unspecified atom stereocenters. The number of aliphatic carboxylic acids is 2. The van der Waals surface area contributed by atoms with E-state index >= 15 is 0 Å². The number of hydrogen-bond acceptors (Lipinski definition) is 14. The monoisotopic (exact) mass is 1030 g/mol. The van der Waals surface area contributed by atoms with E-state index in [0.29, 0.717) is 0 Å². The Labute approximate surface area is 433 Å². The first-order chi connectivity index (χ1) is 33.7. The molecule has 2 aromatic rings. The molecule has 0 saturated carbocycles. The molecule has 1 amide bonds. The van der Waals surface area contributed by atoms with Gasteiger partial charge >= 0.3 is 35.9 Å². The van der Waals surface area contributed by atoms with E-state index in [2.05, 4.69) is 37.2 Å². The summed E-state index contributed by atoms with van der Waals surface area (Å²) in [7, 11) is 0. The van der Waals surface area contributed by atoms with Crippen molar-refractivity contribution >= 4 is 35.9 Å². The molecule has 1 saturated heterocycles. The van der Waals surface area contributed by atoms with Crippen LogP contribution < -0.4 is 11.1 Å². The number of cyclic esters (lactones) is 1. The lowest BCUT2D eigenvalue weighted by Crippen LogP contribution is -2.43. The minimum Gasteiger partial charge on any atom is -0.481 e. The zero-order valence-corrected chi connectivity index (χ0v) is 45.5. The molecule has 1 heterocycles. The maximum Gasteiger partial charge on any atom is 0.407 e. The van der Waals surface area contributed by atoms with Crippen LogP contribution in [0.1, 0.15) is 114 Å². The van der Waals surface area contributed by atoms with Crippen LogP contribution in [0.2, 0.25) is 0 Å². The van der Waals surface area contributed by atoms with Crippen LogP contribution in [0, 0.1) is 47.3 Å². The zero-order chi connectivity index (χ0) is 56.7. The van der Waals surface area contributed by atoms with Crippen molar-refractivity contribution in [3.63, 3.8) is 0 Å². The third-order valence-electron chi connectivity index (χ3n) is 12.5. The Bertz CT molecular complexity index is 2030. The van der Waals surface area contributed by atoms with Crippen LogP contribution in [0.3, 0.4) is 0 Å². The summed E-state index contributed by atoms with van der Waals surface area (Å²) in [5.74, 6) is -4.26. The summed E-state index contributed by atoms with van der Waals surface area (Å²) >= 11 is 0. The molecule has 12 atom stereocenters. The quantitative estimate of drug-likeness (QED) is 0.0450. The number of fused-ring (bicyclic) bond motifs is 3. The summed E-state index contributed by atoms with van der Waals surface area (Å²) in [6.45, 7) is 35.4. The molecule has 4 rings (SSSR count). The number of rotatable bonds is 17. The Morgan fingerprint density at radius 2 is 1.14 bits per heavy atom. The number of aliphatic hydroxyl groups excluding tert-OH is 3. The summed E-state index contributed by atoms with van der Waals surface area (Å²) in [5, 5.41) is 46.7. The van der Waals surface area contributed by atoms with Gasteiger partial charge in [-0.3, -0.25) is 19.2 Å². The lowest BCUT2D eigenvalue weighted by atomic mass is 9.91. The smallest absolute Gasteiger partial charge is 0.407 e. The molecule has 17 heteroatoms. The normalized spacial score (nSPS) is 19.3. The van der Waals surface area contributed by atoms with Crippen molar-refractivity contribution in [1.82, 2.24) is 5.32 Å². The van der Waals surface area contributed by atoms with Crippen LogP contribution >= 0.6 is 0 Å². The Morgan fingerprint density at radius 1 is 0.712 bits per heavy atom. The Morgan fingerprint density at radius 3 is 1.48 bits per heavy atom. The number of alkyl carbamates (subject to hydrolysis) is 1. The second kappa shape index (κ2) is 31.7. The van der Waals surface area contributed by atoms with Crippen molar-refractivity contribution in [1.29, 1.82) is 0 Å². The summed E-state index contributed by atoms with van der Waals surface area (Å²) in [6, 6.07) is 14.5. The average Bonchev–Trinajstić information content (AvgIpc) is 3.81. The second-order valence-corrected chi connectivity index (χ2v) is 20.5. The maximum absolute atomic E-state index is 12.3. The minimum absolute atomic E-state index is 0.0405. The summed E-state index contributed by atoms with van der Waals surface area (Å²) < 4.78 is 20.9. The summed E-state index contributed by atoms with van der Waals surface area (Å²) in [5.41, 5.74) is 8.84. The first kappa shape index (κ1) is 67.1. The van der Waals surface area contributed by atoms with Crippen molar-refractivity contribution in [2.24, 2.45) is 53.1 Å². The fraction of sp³-hybridized carbons (Fsp3) is 0.571. The van der Waals surface area contributed by atoms with E-state index in [1.165, 1.54) is 6.08 Å². The molecule has 8 N–H and O–H groups in total. The summed E-state index contributed by atoms with van der Waals surface area (Å²) in [6.07, 6.45) is 2.81. The van der Waals surface area contributed by atoms with Gasteiger partial charge in [0.15, 0.2) is 0 Å². The van der Waals surface area contributed by atoms with Gasteiger partial charge in [-0.25, -0.2) is 9.59 Å². The molecule has 17 nitrogen and oxygen atoms in total.